The van der Waals surface area contributed by atoms with Crippen molar-refractivity contribution in [2.45, 2.75) is 25.3 Å². The zero-order chi connectivity index (χ0) is 17.2. The molecule has 0 bridgehead atoms. The van der Waals surface area contributed by atoms with E-state index in [-0.39, 0.29) is 12.5 Å². The molecule has 0 aliphatic rings. The monoisotopic (exact) mass is 329 g/mol. The van der Waals surface area contributed by atoms with Crippen LogP contribution in [0.25, 0.3) is 0 Å². The van der Waals surface area contributed by atoms with E-state index in [4.69, 9.17) is 15.6 Å². The van der Waals surface area contributed by atoms with Crippen LogP contribution in [-0.2, 0) is 11.2 Å². The van der Waals surface area contributed by atoms with Gasteiger partial charge in [0.15, 0.2) is 0 Å². The minimum atomic E-state index is -0.873. The summed E-state index contributed by atoms with van der Waals surface area (Å²) in [6.45, 7) is 1.40. The molecule has 6 nitrogen and oxygen atoms in total. The number of pyridine rings is 1. The van der Waals surface area contributed by atoms with Crippen LogP contribution < -0.4 is 15.8 Å². The van der Waals surface area contributed by atoms with Crippen LogP contribution in [0.4, 0.5) is 5.82 Å². The van der Waals surface area contributed by atoms with E-state index in [2.05, 4.69) is 10.3 Å². The molecule has 1 aromatic carbocycles. The molecule has 0 fully saturated rings. The lowest BCUT2D eigenvalue weighted by Crippen LogP contribution is -2.26. The number of ether oxygens (including phenoxy) is 1. The summed E-state index contributed by atoms with van der Waals surface area (Å²) < 4.78 is 5.68. The van der Waals surface area contributed by atoms with Crippen LogP contribution in [0, 0.1) is 0 Å². The Kier molecular flexibility index (Phi) is 7.04. The Bertz CT molecular complexity index is 617. The summed E-state index contributed by atoms with van der Waals surface area (Å²) >= 11 is 0. The third-order valence-corrected chi connectivity index (χ3v) is 3.42. The van der Waals surface area contributed by atoms with E-state index in [1.807, 2.05) is 42.5 Å². The summed E-state index contributed by atoms with van der Waals surface area (Å²) in [5, 5.41) is 11.9. The Morgan fingerprint density at radius 2 is 2.04 bits per heavy atom. The Morgan fingerprint density at radius 3 is 2.71 bits per heavy atom. The van der Waals surface area contributed by atoms with Crippen molar-refractivity contribution in [2.75, 3.05) is 18.5 Å². The van der Waals surface area contributed by atoms with Crippen LogP contribution in [0.1, 0.15) is 18.4 Å². The summed E-state index contributed by atoms with van der Waals surface area (Å²) in [5.74, 6) is 0.782. The minimum absolute atomic E-state index is 0.0263. The average molecular weight is 329 g/mol. The number of carboxylic acid groups (broad SMARTS) is 1. The summed E-state index contributed by atoms with van der Waals surface area (Å²) in [6.07, 6.45) is 3.13. The lowest BCUT2D eigenvalue weighted by atomic mass is 10.0. The number of aliphatic carboxylic acids is 1. The second-order valence-electron chi connectivity index (χ2n) is 5.55. The van der Waals surface area contributed by atoms with Gasteiger partial charge in [-0.3, -0.25) is 4.79 Å². The van der Waals surface area contributed by atoms with Crippen LogP contribution in [0.2, 0.25) is 0 Å². The lowest BCUT2D eigenvalue weighted by molar-refractivity contribution is -0.137. The van der Waals surface area contributed by atoms with Gasteiger partial charge >= 0.3 is 5.97 Å². The third kappa shape index (κ3) is 6.66. The topological polar surface area (TPSA) is 97.5 Å². The molecule has 2 aromatic rings. The van der Waals surface area contributed by atoms with Gasteiger partial charge < -0.3 is 20.9 Å². The van der Waals surface area contributed by atoms with E-state index < -0.39 is 5.97 Å². The van der Waals surface area contributed by atoms with Crippen LogP contribution in [-0.4, -0.2) is 35.3 Å². The van der Waals surface area contributed by atoms with Crippen molar-refractivity contribution in [1.82, 2.24) is 4.98 Å². The third-order valence-electron chi connectivity index (χ3n) is 3.42. The second-order valence-corrected chi connectivity index (χ2v) is 5.55. The first-order valence-corrected chi connectivity index (χ1v) is 7.97. The fourth-order valence-corrected chi connectivity index (χ4v) is 2.27. The van der Waals surface area contributed by atoms with E-state index in [9.17, 15) is 4.79 Å². The number of hydrogen-bond donors (Lipinski definition) is 3. The van der Waals surface area contributed by atoms with E-state index in [1.54, 1.807) is 6.20 Å². The number of benzene rings is 1. The molecule has 0 spiro atoms. The summed E-state index contributed by atoms with van der Waals surface area (Å²) in [7, 11) is 0. The molecule has 0 saturated heterocycles. The molecule has 0 saturated carbocycles. The highest BCUT2D eigenvalue weighted by Crippen LogP contribution is 2.14. The van der Waals surface area contributed by atoms with Gasteiger partial charge in [0.1, 0.15) is 11.6 Å². The summed E-state index contributed by atoms with van der Waals surface area (Å²) in [6, 6.07) is 13.0. The predicted molar refractivity (Wildman–Crippen MR) is 93.2 cm³/mol. The highest BCUT2D eigenvalue weighted by atomic mass is 16.5. The van der Waals surface area contributed by atoms with Crippen molar-refractivity contribution in [1.29, 1.82) is 0 Å². The van der Waals surface area contributed by atoms with Gasteiger partial charge in [0.05, 0.1) is 13.0 Å². The van der Waals surface area contributed by atoms with Crippen molar-refractivity contribution in [2.24, 2.45) is 5.73 Å². The predicted octanol–water partition coefficient (Wildman–Crippen LogP) is 2.31. The summed E-state index contributed by atoms with van der Waals surface area (Å²) in [5.41, 5.74) is 6.79. The highest BCUT2D eigenvalue weighted by Gasteiger charge is 2.08. The fraction of sp³-hybridized carbons (Fsp3) is 0.333. The number of hydrogen-bond acceptors (Lipinski definition) is 5. The first-order chi connectivity index (χ1) is 11.6. The number of rotatable bonds is 10. The maximum Gasteiger partial charge on any atom is 0.304 e. The number of nitrogens with one attached hydrogen (secondary N) is 1. The maximum atomic E-state index is 10.6. The molecule has 0 radical (unpaired) electrons. The Balaban J connectivity index is 1.65. The van der Waals surface area contributed by atoms with Crippen molar-refractivity contribution >= 4 is 11.8 Å². The molecular weight excluding hydrogens is 306 g/mol. The smallest absolute Gasteiger partial charge is 0.304 e. The molecule has 128 valence electrons. The quantitative estimate of drug-likeness (QED) is 0.579. The number of anilines is 1. The van der Waals surface area contributed by atoms with E-state index in [0.29, 0.717) is 13.0 Å². The lowest BCUT2D eigenvalue weighted by Gasteiger charge is -2.10. The summed E-state index contributed by atoms with van der Waals surface area (Å²) in [4.78, 5) is 14.8. The van der Waals surface area contributed by atoms with Gasteiger partial charge in [-0.1, -0.05) is 18.2 Å². The molecule has 0 unspecified atom stereocenters. The fourth-order valence-electron chi connectivity index (χ4n) is 2.27. The molecule has 1 aromatic heterocycles. The largest absolute Gasteiger partial charge is 0.494 e. The number of carbonyl (C=O) groups is 1. The van der Waals surface area contributed by atoms with Crippen molar-refractivity contribution in [3.63, 3.8) is 0 Å². The molecule has 6 heteroatoms. The molecule has 4 N–H and O–H groups in total. The molecule has 1 heterocycles. The van der Waals surface area contributed by atoms with Gasteiger partial charge in [-0.15, -0.1) is 0 Å². The molecule has 0 aliphatic heterocycles. The standard InChI is InChI=1S/C18H23N3O3/c19-15(13-18(22)23)12-14-5-7-16(8-6-14)24-11-3-10-21-17-4-1-2-9-20-17/h1-2,4-9,15H,3,10-13,19H2,(H,20,21)(H,22,23)/t15-/m0/s1. The molecule has 24 heavy (non-hydrogen) atoms. The maximum absolute atomic E-state index is 10.6. The van der Waals surface area contributed by atoms with Crippen LogP contribution in [0.3, 0.4) is 0 Å². The Labute approximate surface area is 141 Å². The number of carboxylic acids is 1. The zero-order valence-electron chi connectivity index (χ0n) is 13.5. The van der Waals surface area contributed by atoms with Crippen molar-refractivity contribution in [3.8, 4) is 5.75 Å². The number of nitrogens with two attached hydrogens (primary N) is 1. The van der Waals surface area contributed by atoms with Gasteiger partial charge in [0.2, 0.25) is 0 Å². The second kappa shape index (κ2) is 9.52. The van der Waals surface area contributed by atoms with Crippen molar-refractivity contribution in [3.05, 3.63) is 54.2 Å². The van der Waals surface area contributed by atoms with Crippen molar-refractivity contribution < 1.29 is 14.6 Å². The van der Waals surface area contributed by atoms with E-state index >= 15 is 0 Å². The average Bonchev–Trinajstić information content (AvgIpc) is 2.56. The molecule has 0 aliphatic carbocycles. The molecule has 1 atom stereocenters. The Morgan fingerprint density at radius 1 is 1.25 bits per heavy atom. The van der Waals surface area contributed by atoms with E-state index in [1.165, 1.54) is 0 Å². The van der Waals surface area contributed by atoms with Gasteiger partial charge in [-0.05, 0) is 42.7 Å². The Hall–Kier alpha value is -2.60. The van der Waals surface area contributed by atoms with Gasteiger partial charge in [-0.25, -0.2) is 4.98 Å². The molecule has 2 rings (SSSR count). The van der Waals surface area contributed by atoms with Gasteiger partial charge in [0, 0.05) is 18.8 Å². The molecule has 0 amide bonds. The number of nitrogens with zero attached hydrogens (tertiary/aromatic N) is 1. The van der Waals surface area contributed by atoms with Gasteiger partial charge in [-0.2, -0.15) is 0 Å². The number of aromatic nitrogens is 1. The first kappa shape index (κ1) is 17.7. The zero-order valence-corrected chi connectivity index (χ0v) is 13.5. The van der Waals surface area contributed by atoms with E-state index in [0.717, 1.165) is 30.1 Å². The van der Waals surface area contributed by atoms with Crippen LogP contribution in [0.5, 0.6) is 5.75 Å². The van der Waals surface area contributed by atoms with Gasteiger partial charge in [0.25, 0.3) is 0 Å². The van der Waals surface area contributed by atoms with Crippen LogP contribution >= 0.6 is 0 Å². The minimum Gasteiger partial charge on any atom is -0.494 e. The van der Waals surface area contributed by atoms with Crippen LogP contribution in [0.15, 0.2) is 48.7 Å². The highest BCUT2D eigenvalue weighted by molar-refractivity contribution is 5.67. The SMILES string of the molecule is N[C@H](CC(=O)O)Cc1ccc(OCCCNc2ccccn2)cc1. The molecular formula is C18H23N3O3. The first-order valence-electron chi connectivity index (χ1n) is 7.97. The normalized spacial score (nSPS) is 11.7.